The third kappa shape index (κ3) is 12.5. The van der Waals surface area contributed by atoms with E-state index in [1.807, 2.05) is 6.92 Å². The summed E-state index contributed by atoms with van der Waals surface area (Å²) in [5, 5.41) is 14.0. The van der Waals surface area contributed by atoms with Gasteiger partial charge in [0.1, 0.15) is 12.1 Å². The van der Waals surface area contributed by atoms with Crippen molar-refractivity contribution in [3.63, 3.8) is 0 Å². The minimum atomic E-state index is -0.799. The Kier molecular flexibility index (Phi) is 15.6. The molecule has 0 spiro atoms. The SMILES string of the molecule is C[C@@H](C1CCCCC1)C(NC(=O)CNC(=O)CNC(=O)[C@H](CC1CCCCC1)NC(=O)c1cccnc1)C(=O)NCCN1CCCCC1. The van der Waals surface area contributed by atoms with Crippen molar-refractivity contribution in [2.45, 2.75) is 109 Å². The third-order valence-corrected chi connectivity index (χ3v) is 10.4. The molecule has 0 radical (unpaired) electrons. The van der Waals surface area contributed by atoms with E-state index in [0.717, 1.165) is 71.0 Å². The molecule has 1 unspecified atom stereocenters. The summed E-state index contributed by atoms with van der Waals surface area (Å²) in [6.45, 7) is 4.81. The highest BCUT2D eigenvalue weighted by atomic mass is 16.2. The Hall–Kier alpha value is -3.54. The molecule has 2 aliphatic carbocycles. The molecule has 5 N–H and O–H groups in total. The van der Waals surface area contributed by atoms with Crippen molar-refractivity contribution in [3.8, 4) is 0 Å². The minimum absolute atomic E-state index is 0.0396. The summed E-state index contributed by atoms with van der Waals surface area (Å²) in [7, 11) is 0. The van der Waals surface area contributed by atoms with E-state index in [1.165, 1.54) is 38.3 Å². The van der Waals surface area contributed by atoms with Crippen LogP contribution in [-0.4, -0.2) is 90.8 Å². The Morgan fingerprint density at radius 1 is 0.792 bits per heavy atom. The number of rotatable bonds is 16. The Labute approximate surface area is 285 Å². The standard InChI is InChI=1S/C36H57N7O5/c1-26(28-14-7-3-8-15-28)33(36(48)38-18-21-43-19-9-4-10-20-43)42-32(45)25-39-31(44)24-40-35(47)30(22-27-12-5-2-6-13-27)41-34(46)29-16-11-17-37-23-29/h11,16-17,23,26-28,30,33H,2-10,12-15,18-22,24-25H2,1H3,(H,38,48)(H,39,44)(H,40,47)(H,41,46)(H,42,45)/t26-,30-,33?/m0/s1. The van der Waals surface area contributed by atoms with Gasteiger partial charge in [0.2, 0.25) is 23.6 Å². The van der Waals surface area contributed by atoms with Crippen LogP contribution in [0.3, 0.4) is 0 Å². The molecule has 266 valence electrons. The molecule has 5 amide bonds. The molecule has 3 fully saturated rings. The Morgan fingerprint density at radius 3 is 2.15 bits per heavy atom. The van der Waals surface area contributed by atoms with Gasteiger partial charge in [0, 0.05) is 25.5 Å². The molecule has 4 rings (SSSR count). The van der Waals surface area contributed by atoms with Gasteiger partial charge in [-0.05, 0) is 62.2 Å². The lowest BCUT2D eigenvalue weighted by molar-refractivity contribution is -0.131. The number of nitrogens with zero attached hydrogens (tertiary/aromatic N) is 2. The number of pyridine rings is 1. The van der Waals surface area contributed by atoms with Gasteiger partial charge in [-0.3, -0.25) is 29.0 Å². The van der Waals surface area contributed by atoms with Crippen LogP contribution in [0.15, 0.2) is 24.5 Å². The number of likely N-dealkylation sites (tertiary alicyclic amines) is 1. The van der Waals surface area contributed by atoms with E-state index in [2.05, 4.69) is 36.5 Å². The lowest BCUT2D eigenvalue weighted by atomic mass is 9.77. The van der Waals surface area contributed by atoms with Gasteiger partial charge < -0.3 is 31.5 Å². The molecule has 12 heteroatoms. The summed E-state index contributed by atoms with van der Waals surface area (Å²) < 4.78 is 0. The van der Waals surface area contributed by atoms with Gasteiger partial charge in [0.05, 0.1) is 18.7 Å². The van der Waals surface area contributed by atoms with Crippen molar-refractivity contribution in [1.82, 2.24) is 36.5 Å². The van der Waals surface area contributed by atoms with Gasteiger partial charge in [0.25, 0.3) is 5.91 Å². The van der Waals surface area contributed by atoms with Gasteiger partial charge >= 0.3 is 0 Å². The fourth-order valence-electron chi connectivity index (χ4n) is 7.48. The Balaban J connectivity index is 1.26. The minimum Gasteiger partial charge on any atom is -0.353 e. The fraction of sp³-hybridized carbons (Fsp3) is 0.722. The molecule has 2 heterocycles. The summed E-state index contributed by atoms with van der Waals surface area (Å²) in [6, 6.07) is 1.80. The van der Waals surface area contributed by atoms with Crippen molar-refractivity contribution in [2.24, 2.45) is 17.8 Å². The monoisotopic (exact) mass is 667 g/mol. The number of aromatic nitrogens is 1. The summed E-state index contributed by atoms with van der Waals surface area (Å²) >= 11 is 0. The highest BCUT2D eigenvalue weighted by molar-refractivity contribution is 5.98. The fourth-order valence-corrected chi connectivity index (χ4v) is 7.48. The number of hydrogen-bond donors (Lipinski definition) is 5. The van der Waals surface area contributed by atoms with E-state index in [9.17, 15) is 24.0 Å². The van der Waals surface area contributed by atoms with Gasteiger partial charge in [-0.2, -0.15) is 0 Å². The highest BCUT2D eigenvalue weighted by Crippen LogP contribution is 2.32. The molecule has 48 heavy (non-hydrogen) atoms. The van der Waals surface area contributed by atoms with E-state index in [4.69, 9.17) is 0 Å². The second-order valence-corrected chi connectivity index (χ2v) is 14.0. The summed E-state index contributed by atoms with van der Waals surface area (Å²) in [5.74, 6) is -1.39. The molecule has 0 bridgehead atoms. The molecule has 1 aromatic heterocycles. The summed E-state index contributed by atoms with van der Waals surface area (Å²) in [5.41, 5.74) is 0.356. The molecule has 12 nitrogen and oxygen atoms in total. The average Bonchev–Trinajstić information content (AvgIpc) is 3.13. The highest BCUT2D eigenvalue weighted by Gasteiger charge is 2.33. The van der Waals surface area contributed by atoms with Crippen LogP contribution >= 0.6 is 0 Å². The molecular weight excluding hydrogens is 610 g/mol. The van der Waals surface area contributed by atoms with Crippen molar-refractivity contribution in [3.05, 3.63) is 30.1 Å². The molecular formula is C36H57N7O5. The first kappa shape index (κ1) is 37.3. The predicted molar refractivity (Wildman–Crippen MR) is 184 cm³/mol. The first-order valence-corrected chi connectivity index (χ1v) is 18.3. The zero-order valence-corrected chi connectivity index (χ0v) is 28.8. The van der Waals surface area contributed by atoms with Crippen LogP contribution in [-0.2, 0) is 19.2 Å². The summed E-state index contributed by atoms with van der Waals surface area (Å²) in [6.07, 6.45) is 18.0. The molecule has 2 saturated carbocycles. The first-order chi connectivity index (χ1) is 23.3. The van der Waals surface area contributed by atoms with E-state index in [-0.39, 0.29) is 24.9 Å². The maximum absolute atomic E-state index is 13.4. The quantitative estimate of drug-likeness (QED) is 0.181. The zero-order valence-electron chi connectivity index (χ0n) is 28.8. The van der Waals surface area contributed by atoms with E-state index >= 15 is 0 Å². The lowest BCUT2D eigenvalue weighted by Gasteiger charge is -2.33. The number of carbonyl (C=O) groups excluding carboxylic acids is 5. The topological polar surface area (TPSA) is 162 Å². The zero-order chi connectivity index (χ0) is 34.1. The predicted octanol–water partition coefficient (Wildman–Crippen LogP) is 2.69. The number of amides is 5. The lowest BCUT2D eigenvalue weighted by Crippen LogP contribution is -2.55. The van der Waals surface area contributed by atoms with Crippen LogP contribution in [0.1, 0.15) is 107 Å². The number of hydrogen-bond acceptors (Lipinski definition) is 7. The maximum atomic E-state index is 13.4. The smallest absolute Gasteiger partial charge is 0.253 e. The van der Waals surface area contributed by atoms with Crippen LogP contribution in [0.2, 0.25) is 0 Å². The van der Waals surface area contributed by atoms with Crippen LogP contribution in [0.4, 0.5) is 0 Å². The largest absolute Gasteiger partial charge is 0.353 e. The normalized spacial score (nSPS) is 19.7. The molecule has 3 atom stereocenters. The van der Waals surface area contributed by atoms with Gasteiger partial charge in [-0.1, -0.05) is 77.6 Å². The molecule has 1 aliphatic heterocycles. The molecule has 1 saturated heterocycles. The van der Waals surface area contributed by atoms with E-state index in [0.29, 0.717) is 30.4 Å². The van der Waals surface area contributed by atoms with Gasteiger partial charge in [-0.15, -0.1) is 0 Å². The number of carbonyl (C=O) groups is 5. The average molecular weight is 668 g/mol. The molecule has 0 aromatic carbocycles. The Morgan fingerprint density at radius 2 is 1.46 bits per heavy atom. The van der Waals surface area contributed by atoms with Crippen molar-refractivity contribution in [1.29, 1.82) is 0 Å². The summed E-state index contributed by atoms with van der Waals surface area (Å²) in [4.78, 5) is 71.5. The number of nitrogens with one attached hydrogen (secondary N) is 5. The van der Waals surface area contributed by atoms with E-state index in [1.54, 1.807) is 18.3 Å². The van der Waals surface area contributed by atoms with Crippen LogP contribution in [0, 0.1) is 17.8 Å². The van der Waals surface area contributed by atoms with Crippen molar-refractivity contribution < 1.29 is 24.0 Å². The van der Waals surface area contributed by atoms with Crippen molar-refractivity contribution in [2.75, 3.05) is 39.3 Å². The maximum Gasteiger partial charge on any atom is 0.253 e. The second-order valence-electron chi connectivity index (χ2n) is 14.0. The molecule has 3 aliphatic rings. The first-order valence-electron chi connectivity index (χ1n) is 18.3. The van der Waals surface area contributed by atoms with Crippen LogP contribution in [0.5, 0.6) is 0 Å². The van der Waals surface area contributed by atoms with E-state index < -0.39 is 35.7 Å². The second kappa shape index (κ2) is 20.1. The third-order valence-electron chi connectivity index (χ3n) is 10.4. The van der Waals surface area contributed by atoms with Crippen molar-refractivity contribution >= 4 is 29.5 Å². The van der Waals surface area contributed by atoms with Gasteiger partial charge in [-0.25, -0.2) is 0 Å². The Bertz CT molecular complexity index is 1180. The number of piperidine rings is 1. The molecule has 1 aromatic rings. The van der Waals surface area contributed by atoms with Crippen LogP contribution < -0.4 is 26.6 Å². The van der Waals surface area contributed by atoms with Gasteiger partial charge in [0.15, 0.2) is 0 Å². The van der Waals surface area contributed by atoms with Crippen LogP contribution in [0.25, 0.3) is 0 Å².